The molecule has 0 fully saturated rings. The Morgan fingerprint density at radius 3 is 2.72 bits per heavy atom. The Balaban J connectivity index is 2.75. The summed E-state index contributed by atoms with van der Waals surface area (Å²) in [7, 11) is 0. The van der Waals surface area contributed by atoms with Gasteiger partial charge in [0.05, 0.1) is 0 Å². The molecule has 0 aliphatic rings. The number of H-pyrrole nitrogens is 1. The van der Waals surface area contributed by atoms with Gasteiger partial charge >= 0.3 is 5.69 Å². The summed E-state index contributed by atoms with van der Waals surface area (Å²) in [6.45, 7) is 4.40. The molecule has 0 aliphatic carbocycles. The minimum Gasteiger partial charge on any atom is -0.355 e. The number of amides is 1. The lowest BCUT2D eigenvalue weighted by Gasteiger charge is -2.07. The highest BCUT2D eigenvalue weighted by Gasteiger charge is 2.06. The van der Waals surface area contributed by atoms with Crippen LogP contribution in [0.5, 0.6) is 0 Å². The van der Waals surface area contributed by atoms with Crippen molar-refractivity contribution in [3.05, 3.63) is 32.6 Å². The molecular weight excluding hydrogens is 234 g/mol. The molecular formula is C12H19N3O3. The van der Waals surface area contributed by atoms with Crippen molar-refractivity contribution in [2.45, 2.75) is 39.7 Å². The minimum absolute atomic E-state index is 0.0632. The number of aromatic nitrogens is 2. The Bertz CT molecular complexity index is 516. The van der Waals surface area contributed by atoms with Crippen molar-refractivity contribution in [3.63, 3.8) is 0 Å². The van der Waals surface area contributed by atoms with Crippen LogP contribution >= 0.6 is 0 Å². The van der Waals surface area contributed by atoms with Gasteiger partial charge in [-0.1, -0.05) is 20.3 Å². The summed E-state index contributed by atoms with van der Waals surface area (Å²) in [6.07, 6.45) is 3.87. The van der Waals surface area contributed by atoms with Crippen molar-refractivity contribution in [1.82, 2.24) is 14.9 Å². The molecule has 0 unspecified atom stereocenters. The predicted molar refractivity (Wildman–Crippen MR) is 68.6 cm³/mol. The highest BCUT2D eigenvalue weighted by molar-refractivity contribution is 5.75. The maximum atomic E-state index is 11.6. The Labute approximate surface area is 105 Å². The number of nitrogens with zero attached hydrogens (tertiary/aromatic N) is 1. The van der Waals surface area contributed by atoms with E-state index in [2.05, 4.69) is 10.3 Å². The van der Waals surface area contributed by atoms with Crippen molar-refractivity contribution >= 4 is 5.91 Å². The lowest BCUT2D eigenvalue weighted by molar-refractivity contribution is -0.121. The number of hydrogen-bond donors (Lipinski definition) is 2. The smallest absolute Gasteiger partial charge is 0.328 e. The van der Waals surface area contributed by atoms with Crippen molar-refractivity contribution in [3.8, 4) is 0 Å². The van der Waals surface area contributed by atoms with Crippen LogP contribution in [0, 0.1) is 0 Å². The summed E-state index contributed by atoms with van der Waals surface area (Å²) in [5.74, 6) is -0.223. The van der Waals surface area contributed by atoms with Gasteiger partial charge in [0.25, 0.3) is 5.56 Å². The molecule has 1 amide bonds. The van der Waals surface area contributed by atoms with Crippen LogP contribution in [-0.4, -0.2) is 22.0 Å². The SMILES string of the molecule is CCCCNC(=O)Cn1cc(CC)c(=O)[nH]c1=O. The van der Waals surface area contributed by atoms with Crippen LogP contribution in [0.4, 0.5) is 0 Å². The van der Waals surface area contributed by atoms with Gasteiger partial charge in [0.2, 0.25) is 5.91 Å². The highest BCUT2D eigenvalue weighted by Crippen LogP contribution is 1.89. The van der Waals surface area contributed by atoms with Crippen LogP contribution in [0.1, 0.15) is 32.3 Å². The number of rotatable bonds is 6. The summed E-state index contributed by atoms with van der Waals surface area (Å²) >= 11 is 0. The van der Waals surface area contributed by atoms with E-state index in [4.69, 9.17) is 0 Å². The number of unbranched alkanes of at least 4 members (excludes halogenated alkanes) is 1. The number of hydrogen-bond acceptors (Lipinski definition) is 3. The normalized spacial score (nSPS) is 10.3. The molecule has 0 aromatic carbocycles. The van der Waals surface area contributed by atoms with Crippen LogP contribution in [0.25, 0.3) is 0 Å². The lowest BCUT2D eigenvalue weighted by atomic mass is 10.2. The number of nitrogens with one attached hydrogen (secondary N) is 2. The molecule has 2 N–H and O–H groups in total. The third-order valence-corrected chi connectivity index (χ3v) is 2.63. The quantitative estimate of drug-likeness (QED) is 0.701. The van der Waals surface area contributed by atoms with Crippen molar-refractivity contribution in [2.24, 2.45) is 0 Å². The summed E-state index contributed by atoms with van der Waals surface area (Å²) in [6, 6.07) is 0. The molecule has 0 radical (unpaired) electrons. The molecule has 0 bridgehead atoms. The molecule has 0 saturated heterocycles. The first-order valence-electron chi connectivity index (χ1n) is 6.17. The maximum absolute atomic E-state index is 11.6. The van der Waals surface area contributed by atoms with Gasteiger partial charge in [0, 0.05) is 18.3 Å². The molecule has 6 nitrogen and oxygen atoms in total. The van der Waals surface area contributed by atoms with E-state index in [0.29, 0.717) is 18.5 Å². The van der Waals surface area contributed by atoms with E-state index in [9.17, 15) is 14.4 Å². The minimum atomic E-state index is -0.553. The first-order valence-corrected chi connectivity index (χ1v) is 6.17. The van der Waals surface area contributed by atoms with Gasteiger partial charge in [-0.2, -0.15) is 0 Å². The van der Waals surface area contributed by atoms with E-state index in [0.717, 1.165) is 12.8 Å². The third kappa shape index (κ3) is 3.87. The van der Waals surface area contributed by atoms with Gasteiger partial charge in [0.15, 0.2) is 0 Å². The van der Waals surface area contributed by atoms with Gasteiger partial charge in [-0.15, -0.1) is 0 Å². The average molecular weight is 253 g/mol. The van der Waals surface area contributed by atoms with E-state index in [1.165, 1.54) is 10.8 Å². The van der Waals surface area contributed by atoms with Crippen molar-refractivity contribution < 1.29 is 4.79 Å². The fourth-order valence-electron chi connectivity index (χ4n) is 1.54. The van der Waals surface area contributed by atoms with Gasteiger partial charge in [-0.3, -0.25) is 19.1 Å². The summed E-state index contributed by atoms with van der Waals surface area (Å²) in [5.41, 5.74) is -0.441. The van der Waals surface area contributed by atoms with E-state index in [1.54, 1.807) is 0 Å². The Hall–Kier alpha value is -1.85. The van der Waals surface area contributed by atoms with Crippen LogP contribution in [0.3, 0.4) is 0 Å². The summed E-state index contributed by atoms with van der Waals surface area (Å²) < 4.78 is 1.22. The number of carbonyl (C=O) groups is 1. The zero-order valence-electron chi connectivity index (χ0n) is 10.8. The van der Waals surface area contributed by atoms with Crippen LogP contribution < -0.4 is 16.6 Å². The molecule has 6 heteroatoms. The second-order valence-electron chi connectivity index (χ2n) is 4.10. The molecule has 1 heterocycles. The summed E-state index contributed by atoms with van der Waals surface area (Å²) in [4.78, 5) is 36.6. The summed E-state index contributed by atoms with van der Waals surface area (Å²) in [5, 5.41) is 2.72. The van der Waals surface area contributed by atoms with E-state index < -0.39 is 5.69 Å². The van der Waals surface area contributed by atoms with Crippen LogP contribution in [0.15, 0.2) is 15.8 Å². The standard InChI is InChI=1S/C12H19N3O3/c1-3-5-6-13-10(16)8-15-7-9(4-2)11(17)14-12(15)18/h7H,3-6,8H2,1-2H3,(H,13,16)(H,14,17,18). The fourth-order valence-corrected chi connectivity index (χ4v) is 1.54. The molecule has 0 aliphatic heterocycles. The molecule has 0 saturated carbocycles. The largest absolute Gasteiger partial charge is 0.355 e. The Morgan fingerprint density at radius 2 is 2.11 bits per heavy atom. The lowest BCUT2D eigenvalue weighted by Crippen LogP contribution is -2.37. The first-order chi connectivity index (χ1) is 8.58. The van der Waals surface area contributed by atoms with Gasteiger partial charge < -0.3 is 5.32 Å². The third-order valence-electron chi connectivity index (χ3n) is 2.63. The monoisotopic (exact) mass is 253 g/mol. The van der Waals surface area contributed by atoms with E-state index in [-0.39, 0.29) is 18.0 Å². The average Bonchev–Trinajstić information content (AvgIpc) is 2.33. The first kappa shape index (κ1) is 14.2. The number of aryl methyl sites for hydroxylation is 1. The van der Waals surface area contributed by atoms with Crippen LogP contribution in [-0.2, 0) is 17.8 Å². The molecule has 1 rings (SSSR count). The van der Waals surface area contributed by atoms with Gasteiger partial charge in [-0.25, -0.2) is 4.79 Å². The molecule has 100 valence electrons. The van der Waals surface area contributed by atoms with Crippen molar-refractivity contribution in [2.75, 3.05) is 6.54 Å². The van der Waals surface area contributed by atoms with E-state index >= 15 is 0 Å². The van der Waals surface area contributed by atoms with Gasteiger partial charge in [-0.05, 0) is 12.8 Å². The molecule has 0 spiro atoms. The second-order valence-corrected chi connectivity index (χ2v) is 4.10. The second kappa shape index (κ2) is 6.78. The Morgan fingerprint density at radius 1 is 1.39 bits per heavy atom. The van der Waals surface area contributed by atoms with Gasteiger partial charge in [0.1, 0.15) is 6.54 Å². The fraction of sp³-hybridized carbons (Fsp3) is 0.583. The Kier molecular flexibility index (Phi) is 5.35. The highest BCUT2D eigenvalue weighted by atomic mass is 16.2. The number of aromatic amines is 1. The molecule has 1 aromatic heterocycles. The molecule has 1 aromatic rings. The predicted octanol–water partition coefficient (Wildman–Crippen LogP) is 0.0153. The topological polar surface area (TPSA) is 84.0 Å². The maximum Gasteiger partial charge on any atom is 0.328 e. The van der Waals surface area contributed by atoms with Crippen LogP contribution in [0.2, 0.25) is 0 Å². The van der Waals surface area contributed by atoms with Crippen molar-refractivity contribution in [1.29, 1.82) is 0 Å². The van der Waals surface area contributed by atoms with E-state index in [1.807, 2.05) is 13.8 Å². The molecule has 18 heavy (non-hydrogen) atoms. The number of carbonyl (C=O) groups excluding carboxylic acids is 1. The zero-order valence-corrected chi connectivity index (χ0v) is 10.8. The molecule has 0 atom stereocenters. The zero-order chi connectivity index (χ0) is 13.5.